The number of hydrogen-bond donors (Lipinski definition) is 2. The highest BCUT2D eigenvalue weighted by Crippen LogP contribution is 2.39. The van der Waals surface area contributed by atoms with Gasteiger partial charge >= 0.3 is 18.3 Å². The fourth-order valence-electron chi connectivity index (χ4n) is 2.20. The SMILES string of the molecule is O=C(O)C(O)c1ccc(-c2ccc(C(F)(F)F)cc2)c(C(F)(F)F)c1. The van der Waals surface area contributed by atoms with Gasteiger partial charge in [-0.15, -0.1) is 0 Å². The third kappa shape index (κ3) is 4.11. The molecule has 0 bridgehead atoms. The van der Waals surface area contributed by atoms with Gasteiger partial charge in [-0.2, -0.15) is 26.3 Å². The Morgan fingerprint density at radius 2 is 1.44 bits per heavy atom. The van der Waals surface area contributed by atoms with Gasteiger partial charge in [0, 0.05) is 0 Å². The topological polar surface area (TPSA) is 57.5 Å². The molecule has 2 N–H and O–H groups in total. The van der Waals surface area contributed by atoms with Crippen LogP contribution in [-0.2, 0) is 17.1 Å². The Labute approximate surface area is 137 Å². The molecule has 3 nitrogen and oxygen atoms in total. The zero-order chi connectivity index (χ0) is 19.0. The van der Waals surface area contributed by atoms with Gasteiger partial charge in [0.05, 0.1) is 11.1 Å². The zero-order valence-electron chi connectivity index (χ0n) is 12.2. The summed E-state index contributed by atoms with van der Waals surface area (Å²) in [7, 11) is 0. The van der Waals surface area contributed by atoms with Crippen LogP contribution in [0.2, 0.25) is 0 Å². The Morgan fingerprint density at radius 1 is 0.880 bits per heavy atom. The lowest BCUT2D eigenvalue weighted by atomic mass is 9.95. The lowest BCUT2D eigenvalue weighted by molar-refractivity contribution is -0.147. The Bertz CT molecular complexity index is 778. The Morgan fingerprint density at radius 3 is 1.88 bits per heavy atom. The third-order valence-corrected chi connectivity index (χ3v) is 3.42. The summed E-state index contributed by atoms with van der Waals surface area (Å²) < 4.78 is 77.3. The van der Waals surface area contributed by atoms with Crippen molar-refractivity contribution in [2.45, 2.75) is 18.5 Å². The number of alkyl halides is 6. The van der Waals surface area contributed by atoms with Gasteiger partial charge in [0.25, 0.3) is 0 Å². The average molecular weight is 364 g/mol. The largest absolute Gasteiger partial charge is 0.479 e. The van der Waals surface area contributed by atoms with E-state index < -0.39 is 46.7 Å². The average Bonchev–Trinajstić information content (AvgIpc) is 2.52. The van der Waals surface area contributed by atoms with Crippen LogP contribution in [0.25, 0.3) is 11.1 Å². The molecule has 0 saturated carbocycles. The minimum Gasteiger partial charge on any atom is -0.479 e. The first-order valence-corrected chi connectivity index (χ1v) is 6.71. The first-order valence-electron chi connectivity index (χ1n) is 6.71. The quantitative estimate of drug-likeness (QED) is 0.788. The first kappa shape index (κ1) is 18.8. The summed E-state index contributed by atoms with van der Waals surface area (Å²) >= 11 is 0. The Hall–Kier alpha value is -2.55. The van der Waals surface area contributed by atoms with E-state index in [2.05, 4.69) is 0 Å². The molecule has 0 aliphatic carbocycles. The fraction of sp³-hybridized carbons (Fsp3) is 0.188. The second kappa shape index (κ2) is 6.40. The van der Waals surface area contributed by atoms with E-state index >= 15 is 0 Å². The summed E-state index contributed by atoms with van der Waals surface area (Å²) in [6.45, 7) is 0. The van der Waals surface area contributed by atoms with Crippen molar-refractivity contribution in [2.75, 3.05) is 0 Å². The van der Waals surface area contributed by atoms with Gasteiger partial charge < -0.3 is 10.2 Å². The van der Waals surface area contributed by atoms with Crippen LogP contribution < -0.4 is 0 Å². The maximum Gasteiger partial charge on any atom is 0.417 e. The minimum atomic E-state index is -4.90. The molecule has 0 aliphatic heterocycles. The van der Waals surface area contributed by atoms with Crippen LogP contribution in [-0.4, -0.2) is 16.2 Å². The molecular formula is C16H10F6O3. The molecule has 1 unspecified atom stereocenters. The highest BCUT2D eigenvalue weighted by Gasteiger charge is 2.35. The van der Waals surface area contributed by atoms with Crippen molar-refractivity contribution in [3.8, 4) is 11.1 Å². The van der Waals surface area contributed by atoms with Crippen LogP contribution in [0.3, 0.4) is 0 Å². The third-order valence-electron chi connectivity index (χ3n) is 3.42. The van der Waals surface area contributed by atoms with Gasteiger partial charge in [-0.3, -0.25) is 0 Å². The molecule has 0 spiro atoms. The van der Waals surface area contributed by atoms with Crippen LogP contribution >= 0.6 is 0 Å². The summed E-state index contributed by atoms with van der Waals surface area (Å²) in [5.74, 6) is -1.73. The van der Waals surface area contributed by atoms with Crippen molar-refractivity contribution in [3.05, 3.63) is 59.2 Å². The van der Waals surface area contributed by atoms with E-state index in [1.807, 2.05) is 0 Å². The van der Waals surface area contributed by atoms with Crippen LogP contribution in [0.1, 0.15) is 22.8 Å². The molecule has 0 saturated heterocycles. The van der Waals surface area contributed by atoms with E-state index in [0.29, 0.717) is 18.2 Å². The van der Waals surface area contributed by atoms with E-state index in [9.17, 15) is 36.2 Å². The number of aliphatic hydroxyl groups is 1. The molecule has 0 heterocycles. The molecule has 2 rings (SSSR count). The van der Waals surface area contributed by atoms with Gasteiger partial charge in [0.1, 0.15) is 0 Å². The lowest BCUT2D eigenvalue weighted by Gasteiger charge is -2.16. The predicted octanol–water partition coefficient (Wildman–Crippen LogP) is 4.51. The van der Waals surface area contributed by atoms with Gasteiger partial charge in [-0.25, -0.2) is 4.79 Å². The normalized spacial score (nSPS) is 13.6. The van der Waals surface area contributed by atoms with Crippen LogP contribution in [0.4, 0.5) is 26.3 Å². The zero-order valence-corrected chi connectivity index (χ0v) is 12.2. The van der Waals surface area contributed by atoms with E-state index in [4.69, 9.17) is 5.11 Å². The molecule has 25 heavy (non-hydrogen) atoms. The number of halogens is 6. The van der Waals surface area contributed by atoms with Crippen molar-refractivity contribution >= 4 is 5.97 Å². The van der Waals surface area contributed by atoms with Crippen molar-refractivity contribution in [1.29, 1.82) is 0 Å². The van der Waals surface area contributed by atoms with Crippen LogP contribution in [0.5, 0.6) is 0 Å². The number of aliphatic carboxylic acids is 1. The number of carboxylic acids is 1. The van der Waals surface area contributed by atoms with E-state index in [-0.39, 0.29) is 5.56 Å². The first-order chi connectivity index (χ1) is 11.4. The summed E-state index contributed by atoms with van der Waals surface area (Å²) in [4.78, 5) is 10.7. The number of rotatable bonds is 3. The summed E-state index contributed by atoms with van der Waals surface area (Å²) in [6.07, 6.45) is -11.7. The lowest BCUT2D eigenvalue weighted by Crippen LogP contribution is -2.13. The molecule has 0 aromatic heterocycles. The molecular weight excluding hydrogens is 354 g/mol. The molecule has 0 aliphatic rings. The smallest absolute Gasteiger partial charge is 0.417 e. The molecule has 1 atom stereocenters. The number of aliphatic hydroxyl groups excluding tert-OH is 1. The van der Waals surface area contributed by atoms with Crippen molar-refractivity contribution < 1.29 is 41.4 Å². The molecule has 0 radical (unpaired) electrons. The molecule has 0 fully saturated rings. The summed E-state index contributed by atoms with van der Waals surface area (Å²) in [5, 5.41) is 18.1. The van der Waals surface area contributed by atoms with Crippen molar-refractivity contribution in [2.24, 2.45) is 0 Å². The summed E-state index contributed by atoms with van der Waals surface area (Å²) in [6, 6.07) is 5.42. The molecule has 9 heteroatoms. The van der Waals surface area contributed by atoms with Crippen LogP contribution in [0, 0.1) is 0 Å². The monoisotopic (exact) mass is 364 g/mol. The van der Waals surface area contributed by atoms with Crippen molar-refractivity contribution in [3.63, 3.8) is 0 Å². The van der Waals surface area contributed by atoms with Crippen molar-refractivity contribution in [1.82, 2.24) is 0 Å². The molecule has 2 aromatic rings. The number of hydrogen-bond acceptors (Lipinski definition) is 2. The number of carbonyl (C=O) groups is 1. The second-order valence-corrected chi connectivity index (χ2v) is 5.12. The predicted molar refractivity (Wildman–Crippen MR) is 74.5 cm³/mol. The van der Waals surface area contributed by atoms with E-state index in [0.717, 1.165) is 24.3 Å². The molecule has 0 amide bonds. The van der Waals surface area contributed by atoms with E-state index in [1.165, 1.54) is 0 Å². The Balaban J connectivity index is 2.55. The standard InChI is InChI=1S/C16H10F6O3/c17-15(18,19)10-4-1-8(2-5-10)11-6-3-9(13(23)14(24)25)7-12(11)16(20,21)22/h1-7,13,23H,(H,24,25). The van der Waals surface area contributed by atoms with Gasteiger partial charge in [-0.1, -0.05) is 24.3 Å². The minimum absolute atomic E-state index is 0.128. The fourth-order valence-corrected chi connectivity index (χ4v) is 2.20. The number of benzene rings is 2. The highest BCUT2D eigenvalue weighted by atomic mass is 19.4. The number of carboxylic acid groups (broad SMARTS) is 1. The molecule has 134 valence electrons. The second-order valence-electron chi connectivity index (χ2n) is 5.12. The highest BCUT2D eigenvalue weighted by molar-refractivity contribution is 5.76. The maximum absolute atomic E-state index is 13.2. The molecule has 2 aromatic carbocycles. The van der Waals surface area contributed by atoms with Crippen LogP contribution in [0.15, 0.2) is 42.5 Å². The maximum atomic E-state index is 13.2. The van der Waals surface area contributed by atoms with Gasteiger partial charge in [0.15, 0.2) is 6.10 Å². The summed E-state index contributed by atoms with van der Waals surface area (Å²) in [5.41, 5.74) is -3.32. The van der Waals surface area contributed by atoms with E-state index in [1.54, 1.807) is 0 Å². The van der Waals surface area contributed by atoms with Gasteiger partial charge in [0.2, 0.25) is 0 Å². The Kier molecular flexibility index (Phi) is 4.81. The van der Waals surface area contributed by atoms with Gasteiger partial charge in [-0.05, 0) is 34.9 Å².